The molecular formula is C11H12N4O2. The molecule has 88 valence electrons. The molecule has 2 heterocycles. The standard InChI is InChI=1S/C11H12N4O2/c1-17-5-4-14-11(16)8-6-9-10(15-7-8)13-3-2-12-9/h2-3,6-7H,4-5H2,1H3,(H,14,16). The van der Waals surface area contributed by atoms with E-state index in [1.165, 1.54) is 6.20 Å². The maximum Gasteiger partial charge on any atom is 0.253 e. The van der Waals surface area contributed by atoms with Gasteiger partial charge in [-0.15, -0.1) is 0 Å². The van der Waals surface area contributed by atoms with Gasteiger partial charge < -0.3 is 10.1 Å². The summed E-state index contributed by atoms with van der Waals surface area (Å²) in [5, 5.41) is 2.71. The van der Waals surface area contributed by atoms with Crippen molar-refractivity contribution in [1.29, 1.82) is 0 Å². The molecule has 0 unspecified atom stereocenters. The molecule has 0 spiro atoms. The molecule has 0 bridgehead atoms. The maximum absolute atomic E-state index is 11.7. The number of nitrogens with one attached hydrogen (secondary N) is 1. The summed E-state index contributed by atoms with van der Waals surface area (Å²) < 4.78 is 4.85. The van der Waals surface area contributed by atoms with Crippen LogP contribution in [0, 0.1) is 0 Å². The Bertz CT molecular complexity index is 530. The van der Waals surface area contributed by atoms with Crippen LogP contribution >= 0.6 is 0 Å². The number of nitrogens with zero attached hydrogens (tertiary/aromatic N) is 3. The zero-order chi connectivity index (χ0) is 12.1. The largest absolute Gasteiger partial charge is 0.383 e. The summed E-state index contributed by atoms with van der Waals surface area (Å²) >= 11 is 0. The van der Waals surface area contributed by atoms with E-state index in [0.717, 1.165) is 0 Å². The molecule has 1 amide bonds. The van der Waals surface area contributed by atoms with E-state index < -0.39 is 0 Å². The molecule has 0 saturated heterocycles. The molecule has 0 aliphatic rings. The first-order chi connectivity index (χ1) is 8.31. The van der Waals surface area contributed by atoms with Crippen LogP contribution in [-0.4, -0.2) is 41.1 Å². The minimum atomic E-state index is -0.192. The van der Waals surface area contributed by atoms with Gasteiger partial charge in [-0.1, -0.05) is 0 Å². The number of rotatable bonds is 4. The van der Waals surface area contributed by atoms with E-state index in [1.54, 1.807) is 25.6 Å². The SMILES string of the molecule is COCCNC(=O)c1cnc2nccnc2c1. The fourth-order valence-electron chi connectivity index (χ4n) is 1.35. The Morgan fingerprint density at radius 3 is 3.00 bits per heavy atom. The maximum atomic E-state index is 11.7. The third kappa shape index (κ3) is 2.73. The summed E-state index contributed by atoms with van der Waals surface area (Å²) in [5.41, 5.74) is 1.60. The molecule has 6 nitrogen and oxygen atoms in total. The Kier molecular flexibility index (Phi) is 3.56. The minimum absolute atomic E-state index is 0.192. The van der Waals surface area contributed by atoms with Gasteiger partial charge in [0, 0.05) is 32.2 Å². The van der Waals surface area contributed by atoms with Gasteiger partial charge in [-0.05, 0) is 6.07 Å². The Morgan fingerprint density at radius 1 is 1.35 bits per heavy atom. The van der Waals surface area contributed by atoms with Crippen LogP contribution in [0.5, 0.6) is 0 Å². The van der Waals surface area contributed by atoms with Crippen LogP contribution in [0.3, 0.4) is 0 Å². The molecule has 6 heteroatoms. The lowest BCUT2D eigenvalue weighted by Gasteiger charge is -2.04. The number of carbonyl (C=O) groups is 1. The van der Waals surface area contributed by atoms with Crippen molar-refractivity contribution < 1.29 is 9.53 Å². The van der Waals surface area contributed by atoms with Gasteiger partial charge in [-0.25, -0.2) is 9.97 Å². The number of fused-ring (bicyclic) bond motifs is 1. The second kappa shape index (κ2) is 5.31. The highest BCUT2D eigenvalue weighted by Crippen LogP contribution is 2.07. The first-order valence-electron chi connectivity index (χ1n) is 5.15. The molecular weight excluding hydrogens is 220 g/mol. The zero-order valence-electron chi connectivity index (χ0n) is 9.38. The summed E-state index contributed by atoms with van der Waals surface area (Å²) in [7, 11) is 1.58. The van der Waals surface area contributed by atoms with Gasteiger partial charge in [0.15, 0.2) is 5.65 Å². The summed E-state index contributed by atoms with van der Waals surface area (Å²) in [4.78, 5) is 23.9. The van der Waals surface area contributed by atoms with E-state index in [2.05, 4.69) is 20.3 Å². The van der Waals surface area contributed by atoms with Gasteiger partial charge in [0.05, 0.1) is 12.2 Å². The van der Waals surface area contributed by atoms with Crippen molar-refractivity contribution in [3.63, 3.8) is 0 Å². The smallest absolute Gasteiger partial charge is 0.253 e. The fraction of sp³-hybridized carbons (Fsp3) is 0.273. The first kappa shape index (κ1) is 11.4. The molecule has 0 atom stereocenters. The van der Waals surface area contributed by atoms with Gasteiger partial charge in [0.2, 0.25) is 0 Å². The highest BCUT2D eigenvalue weighted by atomic mass is 16.5. The molecule has 0 saturated carbocycles. The van der Waals surface area contributed by atoms with Gasteiger partial charge in [-0.3, -0.25) is 9.78 Å². The quantitative estimate of drug-likeness (QED) is 0.772. The number of methoxy groups -OCH3 is 1. The minimum Gasteiger partial charge on any atom is -0.383 e. The number of aromatic nitrogens is 3. The van der Waals surface area contributed by atoms with E-state index in [4.69, 9.17) is 4.74 Å². The van der Waals surface area contributed by atoms with Crippen LogP contribution < -0.4 is 5.32 Å². The molecule has 17 heavy (non-hydrogen) atoms. The topological polar surface area (TPSA) is 77.0 Å². The molecule has 1 N–H and O–H groups in total. The number of carbonyl (C=O) groups excluding carboxylic acids is 1. The Morgan fingerprint density at radius 2 is 2.18 bits per heavy atom. The number of ether oxygens (including phenoxy) is 1. The first-order valence-corrected chi connectivity index (χ1v) is 5.15. The van der Waals surface area contributed by atoms with Crippen molar-refractivity contribution in [3.8, 4) is 0 Å². The van der Waals surface area contributed by atoms with Crippen LogP contribution in [0.4, 0.5) is 0 Å². The molecule has 0 aliphatic heterocycles. The normalized spacial score (nSPS) is 10.4. The third-order valence-corrected chi connectivity index (χ3v) is 2.18. The van der Waals surface area contributed by atoms with Gasteiger partial charge >= 0.3 is 0 Å². The van der Waals surface area contributed by atoms with Crippen LogP contribution in [0.1, 0.15) is 10.4 Å². The van der Waals surface area contributed by atoms with Crippen molar-refractivity contribution in [3.05, 3.63) is 30.2 Å². The zero-order valence-corrected chi connectivity index (χ0v) is 9.38. The lowest BCUT2D eigenvalue weighted by Crippen LogP contribution is -2.27. The van der Waals surface area contributed by atoms with Gasteiger partial charge in [0.25, 0.3) is 5.91 Å². The molecule has 0 aliphatic carbocycles. The van der Waals surface area contributed by atoms with E-state index in [1.807, 2.05) is 0 Å². The second-order valence-electron chi connectivity index (χ2n) is 3.37. The lowest BCUT2D eigenvalue weighted by atomic mass is 10.2. The summed E-state index contributed by atoms with van der Waals surface area (Å²) in [6.45, 7) is 0.945. The number of amides is 1. The van der Waals surface area contributed by atoms with Gasteiger partial charge in [-0.2, -0.15) is 0 Å². The van der Waals surface area contributed by atoms with E-state index >= 15 is 0 Å². The Balaban J connectivity index is 2.15. The van der Waals surface area contributed by atoms with Crippen molar-refractivity contribution in [2.24, 2.45) is 0 Å². The number of hydrogen-bond donors (Lipinski definition) is 1. The average Bonchev–Trinajstić information content (AvgIpc) is 2.38. The predicted octanol–water partition coefficient (Wildman–Crippen LogP) is 0.401. The van der Waals surface area contributed by atoms with Crippen LogP contribution in [0.2, 0.25) is 0 Å². The third-order valence-electron chi connectivity index (χ3n) is 2.18. The Labute approximate surface area is 98.1 Å². The van der Waals surface area contributed by atoms with E-state index in [9.17, 15) is 4.79 Å². The fourth-order valence-corrected chi connectivity index (χ4v) is 1.35. The van der Waals surface area contributed by atoms with E-state index in [-0.39, 0.29) is 5.91 Å². The number of hydrogen-bond acceptors (Lipinski definition) is 5. The second-order valence-corrected chi connectivity index (χ2v) is 3.37. The molecule has 2 aromatic rings. The molecule has 0 fully saturated rings. The van der Waals surface area contributed by atoms with Crippen LogP contribution in [0.15, 0.2) is 24.7 Å². The van der Waals surface area contributed by atoms with Crippen molar-refractivity contribution in [1.82, 2.24) is 20.3 Å². The van der Waals surface area contributed by atoms with E-state index in [0.29, 0.717) is 29.9 Å². The highest BCUT2D eigenvalue weighted by Gasteiger charge is 2.07. The van der Waals surface area contributed by atoms with Crippen molar-refractivity contribution in [2.45, 2.75) is 0 Å². The number of pyridine rings is 1. The summed E-state index contributed by atoms with van der Waals surface area (Å²) in [6, 6.07) is 1.66. The van der Waals surface area contributed by atoms with Crippen LogP contribution in [0.25, 0.3) is 11.2 Å². The lowest BCUT2D eigenvalue weighted by molar-refractivity contribution is 0.0937. The molecule has 2 aromatic heterocycles. The molecule has 0 radical (unpaired) electrons. The summed E-state index contributed by atoms with van der Waals surface area (Å²) in [6.07, 6.45) is 4.61. The van der Waals surface area contributed by atoms with Crippen LogP contribution in [-0.2, 0) is 4.74 Å². The van der Waals surface area contributed by atoms with Crippen molar-refractivity contribution >= 4 is 17.1 Å². The summed E-state index contributed by atoms with van der Waals surface area (Å²) in [5.74, 6) is -0.192. The van der Waals surface area contributed by atoms with Crippen molar-refractivity contribution in [2.75, 3.05) is 20.3 Å². The monoisotopic (exact) mass is 232 g/mol. The highest BCUT2D eigenvalue weighted by molar-refractivity contribution is 5.96. The Hall–Kier alpha value is -2.08. The molecule has 0 aromatic carbocycles. The van der Waals surface area contributed by atoms with Gasteiger partial charge in [0.1, 0.15) is 5.52 Å². The molecule has 2 rings (SSSR count). The predicted molar refractivity (Wildman–Crippen MR) is 61.5 cm³/mol. The average molecular weight is 232 g/mol.